The quantitative estimate of drug-likeness (QED) is 0.335. The number of rotatable bonds is 12. The molecule has 3 aromatic carbocycles. The molecular weight excluding hydrogens is 460 g/mol. The van der Waals surface area contributed by atoms with E-state index in [1.165, 1.54) is 0 Å². The van der Waals surface area contributed by atoms with Crippen LogP contribution in [-0.4, -0.2) is 35.9 Å². The van der Waals surface area contributed by atoms with E-state index >= 15 is 0 Å². The zero-order valence-corrected chi connectivity index (χ0v) is 21.1. The van der Waals surface area contributed by atoms with E-state index in [-0.39, 0.29) is 18.4 Å². The van der Waals surface area contributed by atoms with E-state index in [2.05, 4.69) is 12.2 Å². The van der Waals surface area contributed by atoms with E-state index in [0.29, 0.717) is 30.3 Å². The minimum Gasteiger partial charge on any atom is -0.482 e. The molecule has 0 heterocycles. The van der Waals surface area contributed by atoms with Gasteiger partial charge in [0.05, 0.1) is 5.02 Å². The van der Waals surface area contributed by atoms with Gasteiger partial charge in [-0.25, -0.2) is 0 Å². The lowest BCUT2D eigenvalue weighted by Crippen LogP contribution is -2.52. The highest BCUT2D eigenvalue weighted by molar-refractivity contribution is 6.32. The van der Waals surface area contributed by atoms with Gasteiger partial charge in [-0.1, -0.05) is 91.7 Å². The lowest BCUT2D eigenvalue weighted by atomic mass is 10.0. The van der Waals surface area contributed by atoms with Gasteiger partial charge in [0.15, 0.2) is 6.61 Å². The Morgan fingerprint density at radius 1 is 0.971 bits per heavy atom. The van der Waals surface area contributed by atoms with Crippen molar-refractivity contribution in [2.45, 2.75) is 45.7 Å². The van der Waals surface area contributed by atoms with Gasteiger partial charge in [-0.15, -0.1) is 0 Å². The van der Waals surface area contributed by atoms with Crippen molar-refractivity contribution in [1.82, 2.24) is 10.2 Å². The predicted octanol–water partition coefficient (Wildman–Crippen LogP) is 5.58. The molecule has 2 amide bonds. The predicted molar refractivity (Wildman–Crippen MR) is 141 cm³/mol. The van der Waals surface area contributed by atoms with Crippen molar-refractivity contribution in [2.75, 3.05) is 13.2 Å². The summed E-state index contributed by atoms with van der Waals surface area (Å²) in [6.45, 7) is 4.74. The molecule has 0 saturated carbocycles. The van der Waals surface area contributed by atoms with E-state index < -0.39 is 6.04 Å². The molecule has 0 aliphatic rings. The van der Waals surface area contributed by atoms with Gasteiger partial charge < -0.3 is 15.0 Å². The molecule has 0 aliphatic carbocycles. The summed E-state index contributed by atoms with van der Waals surface area (Å²) in [6, 6.07) is 24.0. The van der Waals surface area contributed by atoms with Gasteiger partial charge in [0, 0.05) is 19.5 Å². The summed E-state index contributed by atoms with van der Waals surface area (Å²) in [5, 5.41) is 3.46. The number of hydrogen-bond acceptors (Lipinski definition) is 3. The Kier molecular flexibility index (Phi) is 10.2. The molecule has 184 valence electrons. The van der Waals surface area contributed by atoms with Crippen LogP contribution < -0.4 is 10.1 Å². The van der Waals surface area contributed by atoms with Crippen molar-refractivity contribution in [3.05, 3.63) is 101 Å². The molecule has 5 nitrogen and oxygen atoms in total. The van der Waals surface area contributed by atoms with Gasteiger partial charge in [-0.05, 0) is 42.2 Å². The molecule has 0 bridgehead atoms. The number of hydrogen-bond donors (Lipinski definition) is 1. The molecule has 1 N–H and O–H groups in total. The first-order chi connectivity index (χ1) is 17.0. The molecular formula is C29H33ClN2O3. The first kappa shape index (κ1) is 26.3. The summed E-state index contributed by atoms with van der Waals surface area (Å²) in [5.74, 6) is -0.00732. The minimum atomic E-state index is -0.684. The number of aryl methyl sites for hydroxylation is 1. The number of carbonyl (C=O) groups is 2. The third kappa shape index (κ3) is 7.86. The van der Waals surface area contributed by atoms with E-state index in [1.54, 1.807) is 29.2 Å². The third-order valence-electron chi connectivity index (χ3n) is 5.89. The second-order valence-corrected chi connectivity index (χ2v) is 8.92. The SMILES string of the molecule is CCCCNC(=O)[C@H](Cc1ccccc1)N(Cc1ccccc1C)C(=O)COc1ccccc1Cl. The van der Waals surface area contributed by atoms with Crippen LogP contribution in [0.15, 0.2) is 78.9 Å². The van der Waals surface area contributed by atoms with Crippen LogP contribution in [-0.2, 0) is 22.6 Å². The Bertz CT molecular complexity index is 1100. The van der Waals surface area contributed by atoms with Gasteiger partial charge in [0.2, 0.25) is 5.91 Å². The Labute approximate surface area is 213 Å². The van der Waals surface area contributed by atoms with Crippen molar-refractivity contribution >= 4 is 23.4 Å². The van der Waals surface area contributed by atoms with Crippen LogP contribution >= 0.6 is 11.6 Å². The summed E-state index contributed by atoms with van der Waals surface area (Å²) in [4.78, 5) is 28.6. The molecule has 3 rings (SSSR count). The third-order valence-corrected chi connectivity index (χ3v) is 6.20. The number of nitrogens with zero attached hydrogens (tertiary/aromatic N) is 1. The smallest absolute Gasteiger partial charge is 0.261 e. The molecule has 1 atom stereocenters. The summed E-state index contributed by atoms with van der Waals surface area (Å²) >= 11 is 6.22. The van der Waals surface area contributed by atoms with Gasteiger partial charge in [0.25, 0.3) is 5.91 Å². The average molecular weight is 493 g/mol. The Hall–Kier alpha value is -3.31. The number of carbonyl (C=O) groups excluding carboxylic acids is 2. The van der Waals surface area contributed by atoms with Crippen molar-refractivity contribution in [1.29, 1.82) is 0 Å². The van der Waals surface area contributed by atoms with E-state index in [0.717, 1.165) is 29.5 Å². The molecule has 0 radical (unpaired) electrons. The average Bonchev–Trinajstić information content (AvgIpc) is 2.87. The first-order valence-electron chi connectivity index (χ1n) is 12.0. The maximum Gasteiger partial charge on any atom is 0.261 e. The van der Waals surface area contributed by atoms with Gasteiger partial charge in [-0.3, -0.25) is 9.59 Å². The number of unbranched alkanes of at least 4 members (excludes halogenated alkanes) is 1. The fourth-order valence-corrected chi connectivity index (χ4v) is 4.01. The van der Waals surface area contributed by atoms with Crippen LogP contribution in [0.1, 0.15) is 36.5 Å². The number of amides is 2. The van der Waals surface area contributed by atoms with Crippen LogP contribution in [0.4, 0.5) is 0 Å². The number of ether oxygens (including phenoxy) is 1. The van der Waals surface area contributed by atoms with Gasteiger partial charge in [-0.2, -0.15) is 0 Å². The number of halogens is 1. The molecule has 35 heavy (non-hydrogen) atoms. The fourth-order valence-electron chi connectivity index (χ4n) is 3.82. The van der Waals surface area contributed by atoms with Crippen molar-refractivity contribution < 1.29 is 14.3 Å². The zero-order valence-electron chi connectivity index (χ0n) is 20.4. The second-order valence-electron chi connectivity index (χ2n) is 8.52. The van der Waals surface area contributed by atoms with E-state index in [4.69, 9.17) is 16.3 Å². The number of nitrogens with one attached hydrogen (secondary N) is 1. The molecule has 3 aromatic rings. The van der Waals surface area contributed by atoms with Crippen LogP contribution in [0.2, 0.25) is 5.02 Å². The Morgan fingerprint density at radius 2 is 1.66 bits per heavy atom. The monoisotopic (exact) mass is 492 g/mol. The summed E-state index contributed by atoms with van der Waals surface area (Å²) in [7, 11) is 0. The maximum atomic E-state index is 13.6. The summed E-state index contributed by atoms with van der Waals surface area (Å²) in [6.07, 6.45) is 2.26. The van der Waals surface area contributed by atoms with E-state index in [1.807, 2.05) is 61.5 Å². The molecule has 0 aliphatic heterocycles. The van der Waals surface area contributed by atoms with E-state index in [9.17, 15) is 9.59 Å². The molecule has 0 spiro atoms. The number of benzene rings is 3. The van der Waals surface area contributed by atoms with Crippen molar-refractivity contribution in [2.24, 2.45) is 0 Å². The fraction of sp³-hybridized carbons (Fsp3) is 0.310. The molecule has 0 aromatic heterocycles. The topological polar surface area (TPSA) is 58.6 Å². The lowest BCUT2D eigenvalue weighted by Gasteiger charge is -2.32. The van der Waals surface area contributed by atoms with Gasteiger partial charge >= 0.3 is 0 Å². The Balaban J connectivity index is 1.90. The largest absolute Gasteiger partial charge is 0.482 e. The summed E-state index contributed by atoms with van der Waals surface area (Å²) in [5.41, 5.74) is 3.03. The second kappa shape index (κ2) is 13.5. The highest BCUT2D eigenvalue weighted by atomic mass is 35.5. The molecule has 6 heteroatoms. The maximum absolute atomic E-state index is 13.6. The standard InChI is InChI=1S/C29H33ClN2O3/c1-3-4-18-31-29(34)26(19-23-13-6-5-7-14-23)32(20-24-15-9-8-12-22(24)2)28(33)21-35-27-17-11-10-16-25(27)30/h5-17,26H,3-4,18-21H2,1-2H3,(H,31,34)/t26-/m0/s1. The van der Waals surface area contributed by atoms with Crippen molar-refractivity contribution in [3.63, 3.8) is 0 Å². The highest BCUT2D eigenvalue weighted by Gasteiger charge is 2.31. The van der Waals surface area contributed by atoms with Crippen LogP contribution in [0.25, 0.3) is 0 Å². The molecule has 0 unspecified atom stereocenters. The van der Waals surface area contributed by atoms with Crippen LogP contribution in [0, 0.1) is 6.92 Å². The van der Waals surface area contributed by atoms with Crippen molar-refractivity contribution in [3.8, 4) is 5.75 Å². The summed E-state index contributed by atoms with van der Waals surface area (Å²) < 4.78 is 5.77. The Morgan fingerprint density at radius 3 is 2.37 bits per heavy atom. The molecule has 0 saturated heterocycles. The van der Waals surface area contributed by atoms with Gasteiger partial charge in [0.1, 0.15) is 11.8 Å². The molecule has 0 fully saturated rings. The normalized spacial score (nSPS) is 11.5. The van der Waals surface area contributed by atoms with Crippen LogP contribution in [0.3, 0.4) is 0 Å². The minimum absolute atomic E-state index is 0.165. The van der Waals surface area contributed by atoms with Crippen LogP contribution in [0.5, 0.6) is 5.75 Å². The first-order valence-corrected chi connectivity index (χ1v) is 12.4. The zero-order chi connectivity index (χ0) is 25.0. The lowest BCUT2D eigenvalue weighted by molar-refractivity contribution is -0.142. The highest BCUT2D eigenvalue weighted by Crippen LogP contribution is 2.24. The number of para-hydroxylation sites is 1.